The predicted molar refractivity (Wildman–Crippen MR) is 57.0 cm³/mol. The van der Waals surface area contributed by atoms with Crippen LogP contribution in [0, 0.1) is 12.8 Å². The second kappa shape index (κ2) is 4.14. The van der Waals surface area contributed by atoms with Crippen molar-refractivity contribution in [3.05, 3.63) is 5.82 Å². The van der Waals surface area contributed by atoms with Crippen molar-refractivity contribution >= 4 is 22.6 Å². The van der Waals surface area contributed by atoms with E-state index in [1.807, 2.05) is 6.92 Å². The summed E-state index contributed by atoms with van der Waals surface area (Å²) in [6.07, 6.45) is 2.62. The molecular weight excluding hydrogens is 214 g/mol. The van der Waals surface area contributed by atoms with Gasteiger partial charge in [0.1, 0.15) is 5.82 Å². The highest BCUT2D eigenvalue weighted by Crippen LogP contribution is 2.29. The molecule has 1 fully saturated rings. The number of carboxylic acids is 1. The number of hydrogen-bond donors (Lipinski definition) is 2. The van der Waals surface area contributed by atoms with E-state index in [0.717, 1.165) is 30.2 Å². The van der Waals surface area contributed by atoms with Crippen LogP contribution in [-0.2, 0) is 4.79 Å². The van der Waals surface area contributed by atoms with Crippen molar-refractivity contribution in [3.63, 3.8) is 0 Å². The van der Waals surface area contributed by atoms with Crippen LogP contribution >= 0.6 is 11.5 Å². The summed E-state index contributed by atoms with van der Waals surface area (Å²) in [6, 6.07) is 0.00912. The lowest BCUT2D eigenvalue weighted by Gasteiger charge is -2.16. The van der Waals surface area contributed by atoms with Crippen molar-refractivity contribution < 1.29 is 9.90 Å². The average molecular weight is 227 g/mol. The number of nitrogens with zero attached hydrogens (tertiary/aromatic N) is 2. The molecule has 2 N–H and O–H groups in total. The minimum Gasteiger partial charge on any atom is -0.481 e. The number of rotatable bonds is 3. The molecule has 82 valence electrons. The minimum atomic E-state index is -0.716. The maximum Gasteiger partial charge on any atom is 0.308 e. The van der Waals surface area contributed by atoms with Crippen molar-refractivity contribution in [2.45, 2.75) is 32.2 Å². The van der Waals surface area contributed by atoms with Crippen LogP contribution in [0.2, 0.25) is 0 Å². The van der Waals surface area contributed by atoms with Gasteiger partial charge in [-0.1, -0.05) is 6.42 Å². The Morgan fingerprint density at radius 2 is 2.40 bits per heavy atom. The van der Waals surface area contributed by atoms with E-state index < -0.39 is 5.97 Å². The molecular formula is C9H13N3O2S. The molecule has 1 heterocycles. The zero-order valence-electron chi connectivity index (χ0n) is 8.43. The number of carboxylic acid groups (broad SMARTS) is 1. The molecule has 0 saturated heterocycles. The molecule has 1 aliphatic carbocycles. The molecule has 2 rings (SSSR count). The first kappa shape index (κ1) is 10.4. The van der Waals surface area contributed by atoms with Gasteiger partial charge in [0.05, 0.1) is 5.92 Å². The summed E-state index contributed by atoms with van der Waals surface area (Å²) in [6.45, 7) is 1.82. The van der Waals surface area contributed by atoms with E-state index in [-0.39, 0.29) is 12.0 Å². The normalized spacial score (nSPS) is 25.4. The summed E-state index contributed by atoms with van der Waals surface area (Å²) >= 11 is 1.28. The van der Waals surface area contributed by atoms with Crippen molar-refractivity contribution in [1.29, 1.82) is 0 Å². The van der Waals surface area contributed by atoms with Crippen molar-refractivity contribution in [1.82, 2.24) is 9.36 Å². The van der Waals surface area contributed by atoms with Gasteiger partial charge in [-0.3, -0.25) is 4.79 Å². The monoisotopic (exact) mass is 227 g/mol. The summed E-state index contributed by atoms with van der Waals surface area (Å²) in [4.78, 5) is 15.1. The van der Waals surface area contributed by atoms with Gasteiger partial charge in [-0.05, 0) is 19.8 Å². The molecule has 1 aromatic rings. The van der Waals surface area contributed by atoms with E-state index in [2.05, 4.69) is 14.7 Å². The predicted octanol–water partition coefficient (Wildman–Crippen LogP) is 1.51. The van der Waals surface area contributed by atoms with E-state index >= 15 is 0 Å². The molecule has 1 saturated carbocycles. The number of aryl methyl sites for hydroxylation is 1. The van der Waals surface area contributed by atoms with Crippen molar-refractivity contribution in [3.8, 4) is 0 Å². The molecule has 0 spiro atoms. The Hall–Kier alpha value is -1.17. The first-order valence-corrected chi connectivity index (χ1v) is 5.74. The Balaban J connectivity index is 2.02. The molecule has 0 aliphatic heterocycles. The van der Waals surface area contributed by atoms with Gasteiger partial charge in [0.2, 0.25) is 5.13 Å². The number of anilines is 1. The average Bonchev–Trinajstić information content (AvgIpc) is 2.75. The first-order chi connectivity index (χ1) is 7.16. The Kier molecular flexibility index (Phi) is 2.86. The highest BCUT2D eigenvalue weighted by atomic mass is 32.1. The lowest BCUT2D eigenvalue weighted by Crippen LogP contribution is -2.29. The van der Waals surface area contributed by atoms with Crippen LogP contribution in [0.3, 0.4) is 0 Å². The summed E-state index contributed by atoms with van der Waals surface area (Å²) in [5.74, 6) is -0.271. The van der Waals surface area contributed by atoms with Gasteiger partial charge >= 0.3 is 5.97 Å². The van der Waals surface area contributed by atoms with Crippen molar-refractivity contribution in [2.75, 3.05) is 5.32 Å². The third-order valence-corrected chi connectivity index (χ3v) is 3.41. The molecule has 2 atom stereocenters. The van der Waals surface area contributed by atoms with Crippen LogP contribution in [0.5, 0.6) is 0 Å². The van der Waals surface area contributed by atoms with E-state index in [1.165, 1.54) is 11.5 Å². The second-order valence-electron chi connectivity index (χ2n) is 3.77. The fourth-order valence-electron chi connectivity index (χ4n) is 1.94. The largest absolute Gasteiger partial charge is 0.481 e. The Labute approximate surface area is 91.7 Å². The molecule has 1 aliphatic rings. The number of nitrogens with one attached hydrogen (secondary N) is 1. The standard InChI is InChI=1S/C9H13N3O2S/c1-5-10-9(15-12-5)11-7-4-2-3-6(7)8(13)14/h6-7H,2-4H2,1H3,(H,13,14)(H,10,11,12)/t6-,7+/m0/s1. The van der Waals surface area contributed by atoms with Crippen LogP contribution in [0.1, 0.15) is 25.1 Å². The third-order valence-electron chi connectivity index (χ3n) is 2.67. The molecule has 0 radical (unpaired) electrons. The molecule has 0 aromatic carbocycles. The highest BCUT2D eigenvalue weighted by molar-refractivity contribution is 7.09. The van der Waals surface area contributed by atoms with Gasteiger partial charge in [0.15, 0.2) is 0 Å². The maximum absolute atomic E-state index is 10.9. The number of hydrogen-bond acceptors (Lipinski definition) is 5. The lowest BCUT2D eigenvalue weighted by atomic mass is 10.0. The van der Waals surface area contributed by atoms with Gasteiger partial charge in [-0.15, -0.1) is 0 Å². The van der Waals surface area contributed by atoms with Gasteiger partial charge < -0.3 is 10.4 Å². The molecule has 6 heteroatoms. The lowest BCUT2D eigenvalue weighted by molar-refractivity contribution is -0.141. The Bertz CT molecular complexity index is 366. The molecule has 0 unspecified atom stereocenters. The molecule has 15 heavy (non-hydrogen) atoms. The van der Waals surface area contributed by atoms with E-state index in [9.17, 15) is 4.79 Å². The van der Waals surface area contributed by atoms with Crippen LogP contribution < -0.4 is 5.32 Å². The SMILES string of the molecule is Cc1nsc(N[C@@H]2CCC[C@@H]2C(=O)O)n1. The van der Waals surface area contributed by atoms with E-state index in [0.29, 0.717) is 0 Å². The number of aromatic nitrogens is 2. The Morgan fingerprint density at radius 1 is 1.60 bits per heavy atom. The second-order valence-corrected chi connectivity index (χ2v) is 4.53. The van der Waals surface area contributed by atoms with E-state index in [4.69, 9.17) is 5.11 Å². The molecule has 1 aromatic heterocycles. The zero-order chi connectivity index (χ0) is 10.8. The fourth-order valence-corrected chi connectivity index (χ4v) is 2.58. The fraction of sp³-hybridized carbons (Fsp3) is 0.667. The molecule has 0 amide bonds. The summed E-state index contributed by atoms with van der Waals surface area (Å²) < 4.78 is 4.05. The van der Waals surface area contributed by atoms with Gasteiger partial charge in [0.25, 0.3) is 0 Å². The topological polar surface area (TPSA) is 75.1 Å². The van der Waals surface area contributed by atoms with Gasteiger partial charge in [0, 0.05) is 17.6 Å². The number of aliphatic carboxylic acids is 1. The quantitative estimate of drug-likeness (QED) is 0.818. The molecule has 5 nitrogen and oxygen atoms in total. The maximum atomic E-state index is 10.9. The van der Waals surface area contributed by atoms with Crippen LogP contribution in [0.15, 0.2) is 0 Å². The Morgan fingerprint density at radius 3 is 3.00 bits per heavy atom. The van der Waals surface area contributed by atoms with Crippen LogP contribution in [0.4, 0.5) is 5.13 Å². The summed E-state index contributed by atoms with van der Waals surface area (Å²) in [7, 11) is 0. The summed E-state index contributed by atoms with van der Waals surface area (Å²) in [5, 5.41) is 12.9. The highest BCUT2D eigenvalue weighted by Gasteiger charge is 2.33. The zero-order valence-corrected chi connectivity index (χ0v) is 9.25. The van der Waals surface area contributed by atoms with Gasteiger partial charge in [-0.25, -0.2) is 4.98 Å². The third kappa shape index (κ3) is 2.26. The van der Waals surface area contributed by atoms with Crippen LogP contribution in [0.25, 0.3) is 0 Å². The smallest absolute Gasteiger partial charge is 0.308 e. The first-order valence-electron chi connectivity index (χ1n) is 4.96. The minimum absolute atomic E-state index is 0.00912. The van der Waals surface area contributed by atoms with Crippen LogP contribution in [-0.4, -0.2) is 26.5 Å². The van der Waals surface area contributed by atoms with Crippen molar-refractivity contribution in [2.24, 2.45) is 5.92 Å². The summed E-state index contributed by atoms with van der Waals surface area (Å²) in [5.41, 5.74) is 0. The van der Waals surface area contributed by atoms with Gasteiger partial charge in [-0.2, -0.15) is 4.37 Å². The molecule has 0 bridgehead atoms. The van der Waals surface area contributed by atoms with E-state index in [1.54, 1.807) is 0 Å². The number of carbonyl (C=O) groups is 1.